The van der Waals surface area contributed by atoms with Crippen LogP contribution in [0.1, 0.15) is 25.0 Å². The minimum Gasteiger partial charge on any atom is -0.315 e. The van der Waals surface area contributed by atoms with Crippen LogP contribution in [0.3, 0.4) is 0 Å². The van der Waals surface area contributed by atoms with Crippen molar-refractivity contribution in [3.8, 4) is 66.9 Å². The van der Waals surface area contributed by atoms with Crippen molar-refractivity contribution >= 4 is 22.6 Å². The van der Waals surface area contributed by atoms with E-state index in [-0.39, 0.29) is 5.41 Å². The lowest BCUT2D eigenvalue weighted by atomic mass is 9.82. The molecule has 11 rings (SSSR count). The molecule has 0 spiro atoms. The van der Waals surface area contributed by atoms with Crippen molar-refractivity contribution in [3.63, 3.8) is 0 Å². The summed E-state index contributed by atoms with van der Waals surface area (Å²) in [6, 6.07) is 81.7. The first-order chi connectivity index (χ1) is 30.0. The van der Waals surface area contributed by atoms with Gasteiger partial charge in [0, 0.05) is 39.8 Å². The van der Waals surface area contributed by atoms with Crippen LogP contribution in [0.2, 0.25) is 0 Å². The van der Waals surface area contributed by atoms with E-state index in [1.165, 1.54) is 83.5 Å². The van der Waals surface area contributed by atoms with Crippen LogP contribution in [0.15, 0.2) is 231 Å². The number of hydrogen-bond acceptors (Lipinski definition) is 1. The molecule has 0 saturated heterocycles. The molecule has 2 aromatic heterocycles. The van der Waals surface area contributed by atoms with Crippen molar-refractivity contribution in [3.05, 3.63) is 242 Å². The maximum atomic E-state index is 2.41. The average Bonchev–Trinajstić information content (AvgIpc) is 3.79. The Balaban J connectivity index is 0.984. The lowest BCUT2D eigenvalue weighted by Crippen LogP contribution is -2.16. The first-order valence-corrected chi connectivity index (χ1v) is 21.2. The van der Waals surface area contributed by atoms with Gasteiger partial charge < -0.3 is 9.30 Å². The molecule has 0 bridgehead atoms. The quantitative estimate of drug-likeness (QED) is 0.149. The Bertz CT molecular complexity index is 3080. The van der Waals surface area contributed by atoms with E-state index in [4.69, 9.17) is 0 Å². The molecular weight excluding hydrogens is 737 g/mol. The maximum Gasteiger partial charge on any atom is 0.0613 e. The highest BCUT2D eigenvalue weighted by Gasteiger charge is 2.35. The lowest BCUT2D eigenvalue weighted by Gasteiger charge is -2.28. The van der Waals surface area contributed by atoms with Gasteiger partial charge in [-0.05, 0) is 110 Å². The molecule has 0 N–H and O–H groups in total. The van der Waals surface area contributed by atoms with Crippen LogP contribution in [0.5, 0.6) is 0 Å². The first-order valence-electron chi connectivity index (χ1n) is 21.2. The molecule has 8 aromatic carbocycles. The molecule has 0 radical (unpaired) electrons. The molecule has 2 heteroatoms. The molecule has 2 heterocycles. The number of pyridine rings is 1. The van der Waals surface area contributed by atoms with Crippen LogP contribution in [0, 0.1) is 0 Å². The third-order valence-electron chi connectivity index (χ3n) is 12.6. The monoisotopic (exact) mass is 780 g/mol. The van der Waals surface area contributed by atoms with E-state index in [0.717, 1.165) is 17.1 Å². The molecular formula is C59H44N2. The Morgan fingerprint density at radius 2 is 0.787 bits per heavy atom. The number of benzene rings is 8. The Hall–Kier alpha value is -7.68. The Morgan fingerprint density at radius 1 is 0.344 bits per heavy atom. The Kier molecular flexibility index (Phi) is 8.86. The van der Waals surface area contributed by atoms with Crippen molar-refractivity contribution in [1.82, 2.24) is 4.40 Å². The second-order valence-electron chi connectivity index (χ2n) is 16.6. The summed E-state index contributed by atoms with van der Waals surface area (Å²) in [7, 11) is 0. The van der Waals surface area contributed by atoms with Gasteiger partial charge in [0.15, 0.2) is 0 Å². The molecule has 290 valence electrons. The predicted molar refractivity (Wildman–Crippen MR) is 257 cm³/mol. The summed E-state index contributed by atoms with van der Waals surface area (Å²) in [5, 5.41) is 0. The van der Waals surface area contributed by atoms with E-state index in [1.807, 2.05) is 0 Å². The van der Waals surface area contributed by atoms with Gasteiger partial charge in [-0.1, -0.05) is 190 Å². The van der Waals surface area contributed by atoms with Crippen LogP contribution in [0.25, 0.3) is 72.4 Å². The van der Waals surface area contributed by atoms with Crippen molar-refractivity contribution in [2.45, 2.75) is 19.3 Å². The van der Waals surface area contributed by atoms with Gasteiger partial charge in [0.25, 0.3) is 0 Å². The summed E-state index contributed by atoms with van der Waals surface area (Å²) < 4.78 is 2.35. The van der Waals surface area contributed by atoms with Crippen LogP contribution in [0.4, 0.5) is 17.1 Å². The van der Waals surface area contributed by atoms with Gasteiger partial charge in [0.1, 0.15) is 0 Å². The zero-order chi connectivity index (χ0) is 40.9. The van der Waals surface area contributed by atoms with Gasteiger partial charge in [-0.2, -0.15) is 0 Å². The Labute approximate surface area is 358 Å². The maximum absolute atomic E-state index is 2.41. The van der Waals surface area contributed by atoms with Crippen LogP contribution >= 0.6 is 0 Å². The van der Waals surface area contributed by atoms with Crippen molar-refractivity contribution in [2.24, 2.45) is 0 Å². The molecule has 0 unspecified atom stereocenters. The standard InChI is InChI=1S/C59H44N2/c1-59(2)53-23-13-12-22-51(53)52-38-37-50(40-54(52)59)61(48-33-29-43(30-34-48)41-16-6-3-7-17-41)49-35-31-44(32-36-49)42-25-27-46(28-26-42)57-56(45-18-8-4-9-19-45)55-24-14-15-39-60(55)58(57)47-20-10-5-11-21-47/h3-40H,1-2H3. The molecule has 0 aliphatic heterocycles. The fourth-order valence-corrected chi connectivity index (χ4v) is 9.61. The third-order valence-corrected chi connectivity index (χ3v) is 12.6. The van der Waals surface area contributed by atoms with E-state index in [1.54, 1.807) is 0 Å². The van der Waals surface area contributed by atoms with Crippen LogP contribution in [-0.4, -0.2) is 4.40 Å². The Morgan fingerprint density at radius 3 is 1.41 bits per heavy atom. The van der Waals surface area contributed by atoms with E-state index in [9.17, 15) is 0 Å². The second-order valence-corrected chi connectivity index (χ2v) is 16.6. The number of hydrogen-bond donors (Lipinski definition) is 0. The summed E-state index contributed by atoms with van der Waals surface area (Å²) in [5.74, 6) is 0. The van der Waals surface area contributed by atoms with Gasteiger partial charge in [-0.3, -0.25) is 0 Å². The minimum absolute atomic E-state index is 0.0989. The number of aromatic nitrogens is 1. The SMILES string of the molecule is CC1(C)c2ccccc2-c2ccc(N(c3ccc(-c4ccccc4)cc3)c3ccc(-c4ccc(-c5c(-c6ccccc6)c6ccccn6c5-c5ccccc5)cc4)cc3)cc21. The molecule has 10 aromatic rings. The smallest absolute Gasteiger partial charge is 0.0613 e. The van der Waals surface area contributed by atoms with Gasteiger partial charge in [-0.15, -0.1) is 0 Å². The summed E-state index contributed by atoms with van der Waals surface area (Å²) in [6.45, 7) is 4.70. The fraction of sp³-hybridized carbons (Fsp3) is 0.0508. The molecule has 0 amide bonds. The molecule has 2 nitrogen and oxygen atoms in total. The van der Waals surface area contributed by atoms with E-state index in [0.29, 0.717) is 0 Å². The summed E-state index contributed by atoms with van der Waals surface area (Å²) in [6.07, 6.45) is 2.19. The topological polar surface area (TPSA) is 7.65 Å². The van der Waals surface area contributed by atoms with Gasteiger partial charge in [-0.25, -0.2) is 0 Å². The first kappa shape index (κ1) is 36.4. The highest BCUT2D eigenvalue weighted by molar-refractivity contribution is 6.03. The largest absolute Gasteiger partial charge is 0.315 e. The van der Waals surface area contributed by atoms with E-state index in [2.05, 4.69) is 254 Å². The fourth-order valence-electron chi connectivity index (χ4n) is 9.61. The van der Waals surface area contributed by atoms with E-state index < -0.39 is 0 Å². The van der Waals surface area contributed by atoms with Gasteiger partial charge in [0.05, 0.1) is 11.2 Å². The third kappa shape index (κ3) is 6.27. The number of nitrogens with zero attached hydrogens (tertiary/aromatic N) is 2. The van der Waals surface area contributed by atoms with Gasteiger partial charge in [0.2, 0.25) is 0 Å². The molecule has 1 aliphatic rings. The predicted octanol–water partition coefficient (Wildman–Crippen LogP) is 16.1. The highest BCUT2D eigenvalue weighted by Crippen LogP contribution is 2.51. The number of anilines is 3. The number of rotatable bonds is 8. The van der Waals surface area contributed by atoms with Crippen molar-refractivity contribution in [2.75, 3.05) is 4.90 Å². The van der Waals surface area contributed by atoms with Crippen LogP contribution < -0.4 is 4.90 Å². The summed E-state index contributed by atoms with van der Waals surface area (Å²) >= 11 is 0. The molecule has 1 aliphatic carbocycles. The summed E-state index contributed by atoms with van der Waals surface area (Å²) in [4.78, 5) is 2.40. The van der Waals surface area contributed by atoms with Crippen LogP contribution in [-0.2, 0) is 5.41 Å². The summed E-state index contributed by atoms with van der Waals surface area (Å²) in [5.41, 5.74) is 21.9. The molecule has 61 heavy (non-hydrogen) atoms. The zero-order valence-electron chi connectivity index (χ0n) is 34.3. The van der Waals surface area contributed by atoms with Gasteiger partial charge >= 0.3 is 0 Å². The molecule has 0 saturated carbocycles. The van der Waals surface area contributed by atoms with Crippen molar-refractivity contribution < 1.29 is 0 Å². The normalized spacial score (nSPS) is 12.6. The highest BCUT2D eigenvalue weighted by atomic mass is 15.1. The molecule has 0 fully saturated rings. The average molecular weight is 781 g/mol. The lowest BCUT2D eigenvalue weighted by molar-refractivity contribution is 0.660. The number of fused-ring (bicyclic) bond motifs is 4. The van der Waals surface area contributed by atoms with Crippen molar-refractivity contribution in [1.29, 1.82) is 0 Å². The van der Waals surface area contributed by atoms with E-state index >= 15 is 0 Å². The molecule has 0 atom stereocenters. The zero-order valence-corrected chi connectivity index (χ0v) is 34.3. The second kappa shape index (κ2) is 14.9. The minimum atomic E-state index is -0.0989.